The van der Waals surface area contributed by atoms with Gasteiger partial charge in [0.1, 0.15) is 11.5 Å². The van der Waals surface area contributed by atoms with Crippen LogP contribution in [0.2, 0.25) is 0 Å². The number of benzene rings is 3. The second kappa shape index (κ2) is 7.84. The van der Waals surface area contributed by atoms with Crippen LogP contribution in [-0.4, -0.2) is 25.8 Å². The van der Waals surface area contributed by atoms with E-state index >= 15 is 0 Å². The summed E-state index contributed by atoms with van der Waals surface area (Å²) in [6.45, 7) is 0. The topological polar surface area (TPSA) is 105 Å². The average molecular weight is 376 g/mol. The van der Waals surface area contributed by atoms with Gasteiger partial charge in [-0.25, -0.2) is 0 Å². The number of carbonyl (C=O) groups excluding carboxylic acids is 2. The van der Waals surface area contributed by atoms with E-state index in [9.17, 15) is 9.59 Å². The Morgan fingerprint density at radius 2 is 1.04 bits per heavy atom. The molecule has 0 unspecified atom stereocenters. The van der Waals surface area contributed by atoms with Crippen molar-refractivity contribution in [3.63, 3.8) is 0 Å². The van der Waals surface area contributed by atoms with E-state index in [0.29, 0.717) is 45.1 Å². The lowest BCUT2D eigenvalue weighted by molar-refractivity contribution is 0.103. The first-order valence-electron chi connectivity index (χ1n) is 8.51. The van der Waals surface area contributed by atoms with Crippen molar-refractivity contribution < 1.29 is 19.1 Å². The molecule has 0 saturated carbocycles. The summed E-state index contributed by atoms with van der Waals surface area (Å²) in [5.74, 6) is 0.520. The number of rotatable bonds is 6. The van der Waals surface area contributed by atoms with Crippen LogP contribution in [-0.2, 0) is 0 Å². The maximum Gasteiger partial charge on any atom is 0.193 e. The largest absolute Gasteiger partial charge is 0.495 e. The molecule has 6 heteroatoms. The van der Waals surface area contributed by atoms with Crippen molar-refractivity contribution in [3.05, 3.63) is 82.9 Å². The third-order valence-corrected chi connectivity index (χ3v) is 4.37. The second-order valence-corrected chi connectivity index (χ2v) is 6.15. The minimum absolute atomic E-state index is 0.238. The van der Waals surface area contributed by atoms with Crippen molar-refractivity contribution in [1.29, 1.82) is 0 Å². The van der Waals surface area contributed by atoms with Crippen LogP contribution in [0.15, 0.2) is 60.7 Å². The maximum atomic E-state index is 12.8. The summed E-state index contributed by atoms with van der Waals surface area (Å²) in [7, 11) is 3.02. The molecule has 0 amide bonds. The number of methoxy groups -OCH3 is 2. The van der Waals surface area contributed by atoms with Crippen molar-refractivity contribution >= 4 is 22.9 Å². The summed E-state index contributed by atoms with van der Waals surface area (Å²) >= 11 is 0. The van der Waals surface area contributed by atoms with Crippen LogP contribution in [0.25, 0.3) is 0 Å². The second-order valence-electron chi connectivity index (χ2n) is 6.15. The standard InChI is InChI=1S/C22H20N2O4/c1-27-19-8-6-15(11-17(19)23)21(25)13-4-3-5-14(10-13)22(26)16-7-9-20(28-2)18(24)12-16/h3-12H,23-24H2,1-2H3. The lowest BCUT2D eigenvalue weighted by Gasteiger charge is -2.09. The quantitative estimate of drug-likeness (QED) is 0.505. The van der Waals surface area contributed by atoms with E-state index in [0.717, 1.165) is 0 Å². The highest BCUT2D eigenvalue weighted by atomic mass is 16.5. The predicted octanol–water partition coefficient (Wildman–Crippen LogP) is 3.33. The lowest BCUT2D eigenvalue weighted by Crippen LogP contribution is -2.07. The van der Waals surface area contributed by atoms with Crippen LogP contribution in [0.4, 0.5) is 11.4 Å². The highest BCUT2D eigenvalue weighted by Crippen LogP contribution is 2.25. The summed E-state index contributed by atoms with van der Waals surface area (Å²) < 4.78 is 10.2. The molecule has 3 aromatic carbocycles. The Morgan fingerprint density at radius 3 is 1.39 bits per heavy atom. The Kier molecular flexibility index (Phi) is 5.31. The van der Waals surface area contributed by atoms with Gasteiger partial charge in [-0.1, -0.05) is 18.2 Å². The monoisotopic (exact) mass is 376 g/mol. The molecule has 0 bridgehead atoms. The van der Waals surface area contributed by atoms with Gasteiger partial charge in [0.2, 0.25) is 0 Å². The summed E-state index contributed by atoms with van der Waals surface area (Å²) in [6.07, 6.45) is 0. The smallest absolute Gasteiger partial charge is 0.193 e. The summed E-state index contributed by atoms with van der Waals surface area (Å²) in [6, 6.07) is 16.2. The van der Waals surface area contributed by atoms with Crippen molar-refractivity contribution in [2.45, 2.75) is 0 Å². The number of ketones is 2. The third-order valence-electron chi connectivity index (χ3n) is 4.37. The normalized spacial score (nSPS) is 10.4. The summed E-state index contributed by atoms with van der Waals surface area (Å²) in [4.78, 5) is 25.6. The minimum atomic E-state index is -0.238. The fourth-order valence-electron chi connectivity index (χ4n) is 2.89. The molecule has 0 fully saturated rings. The lowest BCUT2D eigenvalue weighted by atomic mass is 9.97. The summed E-state index contributed by atoms with van der Waals surface area (Å²) in [5, 5.41) is 0. The molecule has 4 N–H and O–H groups in total. The molecule has 142 valence electrons. The van der Waals surface area contributed by atoms with Gasteiger partial charge in [0.15, 0.2) is 11.6 Å². The third kappa shape index (κ3) is 3.66. The van der Waals surface area contributed by atoms with Crippen LogP contribution >= 0.6 is 0 Å². The van der Waals surface area contributed by atoms with E-state index in [1.807, 2.05) is 0 Å². The van der Waals surface area contributed by atoms with Crippen LogP contribution in [0.5, 0.6) is 11.5 Å². The number of nitrogens with two attached hydrogens (primary N) is 2. The molecule has 6 nitrogen and oxygen atoms in total. The van der Waals surface area contributed by atoms with E-state index in [2.05, 4.69) is 0 Å². The van der Waals surface area contributed by atoms with Crippen molar-refractivity contribution in [1.82, 2.24) is 0 Å². The number of nitrogen functional groups attached to an aromatic ring is 2. The zero-order valence-corrected chi connectivity index (χ0v) is 15.6. The Hall–Kier alpha value is -3.80. The fraction of sp³-hybridized carbons (Fsp3) is 0.0909. The van der Waals surface area contributed by atoms with Gasteiger partial charge in [0.05, 0.1) is 25.6 Å². The highest BCUT2D eigenvalue weighted by Gasteiger charge is 2.16. The Labute approximate surface area is 162 Å². The average Bonchev–Trinajstić information content (AvgIpc) is 2.72. The first-order valence-corrected chi connectivity index (χ1v) is 8.51. The SMILES string of the molecule is COc1ccc(C(=O)c2cccc(C(=O)c3ccc(OC)c(N)c3)c2)cc1N. The van der Waals surface area contributed by atoms with Gasteiger partial charge in [-0.3, -0.25) is 9.59 Å². The Bertz CT molecular complexity index is 979. The van der Waals surface area contributed by atoms with E-state index in [4.69, 9.17) is 20.9 Å². The van der Waals surface area contributed by atoms with E-state index < -0.39 is 0 Å². The van der Waals surface area contributed by atoms with Gasteiger partial charge in [0.25, 0.3) is 0 Å². The molecular weight excluding hydrogens is 356 g/mol. The van der Waals surface area contributed by atoms with Gasteiger partial charge in [-0.2, -0.15) is 0 Å². The van der Waals surface area contributed by atoms with E-state index in [1.165, 1.54) is 14.2 Å². The van der Waals surface area contributed by atoms with Gasteiger partial charge in [-0.15, -0.1) is 0 Å². The number of anilines is 2. The summed E-state index contributed by atoms with van der Waals surface area (Å²) in [5.41, 5.74) is 14.1. The van der Waals surface area contributed by atoms with Crippen molar-refractivity contribution in [2.75, 3.05) is 25.7 Å². The van der Waals surface area contributed by atoms with Crippen molar-refractivity contribution in [3.8, 4) is 11.5 Å². The molecule has 0 saturated heterocycles. The molecule has 0 aliphatic rings. The van der Waals surface area contributed by atoms with Gasteiger partial charge in [0, 0.05) is 22.3 Å². The molecule has 3 rings (SSSR count). The number of hydrogen-bond donors (Lipinski definition) is 2. The molecule has 0 aliphatic carbocycles. The zero-order chi connectivity index (χ0) is 20.3. The van der Waals surface area contributed by atoms with Crippen LogP contribution in [0.1, 0.15) is 31.8 Å². The van der Waals surface area contributed by atoms with E-state index in [1.54, 1.807) is 60.7 Å². The Balaban J connectivity index is 1.91. The zero-order valence-electron chi connectivity index (χ0n) is 15.6. The molecule has 0 spiro atoms. The first-order chi connectivity index (χ1) is 13.4. The Morgan fingerprint density at radius 1 is 0.643 bits per heavy atom. The molecule has 0 aliphatic heterocycles. The fourth-order valence-corrected chi connectivity index (χ4v) is 2.89. The molecule has 0 radical (unpaired) electrons. The minimum Gasteiger partial charge on any atom is -0.495 e. The maximum absolute atomic E-state index is 12.8. The number of carbonyl (C=O) groups is 2. The predicted molar refractivity (Wildman–Crippen MR) is 108 cm³/mol. The van der Waals surface area contributed by atoms with Crippen LogP contribution < -0.4 is 20.9 Å². The van der Waals surface area contributed by atoms with Crippen LogP contribution in [0, 0.1) is 0 Å². The van der Waals surface area contributed by atoms with Gasteiger partial charge >= 0.3 is 0 Å². The first kappa shape index (κ1) is 19.0. The molecule has 3 aromatic rings. The van der Waals surface area contributed by atoms with Gasteiger partial charge in [-0.05, 0) is 42.5 Å². The molecule has 0 atom stereocenters. The molecule has 0 aromatic heterocycles. The van der Waals surface area contributed by atoms with E-state index in [-0.39, 0.29) is 11.6 Å². The number of hydrogen-bond acceptors (Lipinski definition) is 6. The molecule has 0 heterocycles. The number of ether oxygens (including phenoxy) is 2. The van der Waals surface area contributed by atoms with Gasteiger partial charge < -0.3 is 20.9 Å². The van der Waals surface area contributed by atoms with Crippen LogP contribution in [0.3, 0.4) is 0 Å². The molecule has 28 heavy (non-hydrogen) atoms. The highest BCUT2D eigenvalue weighted by molar-refractivity contribution is 6.13. The molecular formula is C22H20N2O4. The van der Waals surface area contributed by atoms with Crippen molar-refractivity contribution in [2.24, 2.45) is 0 Å².